The number of halogens is 2. The predicted octanol–water partition coefficient (Wildman–Crippen LogP) is 5.58. The second kappa shape index (κ2) is 7.89. The molecular formula is C20H18BrClN2O3S. The Labute approximate surface area is 177 Å². The molecule has 0 atom stereocenters. The molecule has 0 radical (unpaired) electrons. The molecule has 3 aromatic rings. The van der Waals surface area contributed by atoms with Crippen LogP contribution in [0.3, 0.4) is 0 Å². The largest absolute Gasteiger partial charge is 0.419 e. The van der Waals surface area contributed by atoms with Crippen molar-refractivity contribution in [2.75, 3.05) is 18.0 Å². The van der Waals surface area contributed by atoms with E-state index in [-0.39, 0.29) is 15.8 Å². The molecule has 0 bridgehead atoms. The molecule has 0 aliphatic carbocycles. The van der Waals surface area contributed by atoms with E-state index < -0.39 is 9.84 Å². The van der Waals surface area contributed by atoms with Crippen LogP contribution in [0.5, 0.6) is 0 Å². The fourth-order valence-electron chi connectivity index (χ4n) is 3.24. The Balaban J connectivity index is 1.85. The van der Waals surface area contributed by atoms with Crippen LogP contribution >= 0.6 is 27.5 Å². The van der Waals surface area contributed by atoms with E-state index in [0.29, 0.717) is 16.5 Å². The lowest BCUT2D eigenvalue weighted by Crippen LogP contribution is -2.30. The molecule has 28 heavy (non-hydrogen) atoms. The fourth-order valence-corrected chi connectivity index (χ4v) is 5.02. The maximum absolute atomic E-state index is 13.3. The van der Waals surface area contributed by atoms with E-state index in [1.54, 1.807) is 48.5 Å². The van der Waals surface area contributed by atoms with E-state index in [0.717, 1.165) is 36.8 Å². The number of oxazole rings is 1. The van der Waals surface area contributed by atoms with Crippen molar-refractivity contribution in [3.05, 3.63) is 58.0 Å². The van der Waals surface area contributed by atoms with Gasteiger partial charge in [0.25, 0.3) is 0 Å². The van der Waals surface area contributed by atoms with Crippen molar-refractivity contribution >= 4 is 43.3 Å². The van der Waals surface area contributed by atoms with Crippen molar-refractivity contribution < 1.29 is 12.8 Å². The molecule has 0 N–H and O–H groups in total. The number of nitrogens with zero attached hydrogens (tertiary/aromatic N) is 2. The highest BCUT2D eigenvalue weighted by atomic mass is 79.9. The maximum atomic E-state index is 13.3. The molecule has 0 unspecified atom stereocenters. The zero-order chi connectivity index (χ0) is 19.7. The predicted molar refractivity (Wildman–Crippen MR) is 113 cm³/mol. The number of aromatic nitrogens is 1. The first-order valence-corrected chi connectivity index (χ1v) is 11.6. The second-order valence-electron chi connectivity index (χ2n) is 6.64. The SMILES string of the molecule is O=S(=O)(c1ccc(Br)cc1)c1nc(-c2cccc(Cl)c2)oc1N1CCCCC1. The van der Waals surface area contributed by atoms with Gasteiger partial charge in [0.1, 0.15) is 0 Å². The summed E-state index contributed by atoms with van der Waals surface area (Å²) in [5.41, 5.74) is 0.642. The molecule has 146 valence electrons. The number of hydrogen-bond acceptors (Lipinski definition) is 5. The van der Waals surface area contributed by atoms with Crippen LogP contribution in [-0.4, -0.2) is 26.5 Å². The van der Waals surface area contributed by atoms with Gasteiger partial charge in [-0.2, -0.15) is 4.98 Å². The number of piperidine rings is 1. The fraction of sp³-hybridized carbons (Fsp3) is 0.250. The van der Waals surface area contributed by atoms with Crippen LogP contribution in [0.1, 0.15) is 19.3 Å². The molecule has 8 heteroatoms. The van der Waals surface area contributed by atoms with Gasteiger partial charge in [0, 0.05) is 28.1 Å². The van der Waals surface area contributed by atoms with Crippen molar-refractivity contribution in [1.29, 1.82) is 0 Å². The van der Waals surface area contributed by atoms with Gasteiger partial charge in [0.15, 0.2) is 0 Å². The highest BCUT2D eigenvalue weighted by Gasteiger charge is 2.32. The molecule has 5 nitrogen and oxygen atoms in total. The molecule has 2 heterocycles. The van der Waals surface area contributed by atoms with Gasteiger partial charge >= 0.3 is 0 Å². The summed E-state index contributed by atoms with van der Waals surface area (Å²) < 4.78 is 33.5. The minimum atomic E-state index is -3.83. The summed E-state index contributed by atoms with van der Waals surface area (Å²) in [6.45, 7) is 1.49. The van der Waals surface area contributed by atoms with Crippen LogP contribution < -0.4 is 4.90 Å². The van der Waals surface area contributed by atoms with Crippen LogP contribution in [0.25, 0.3) is 11.5 Å². The van der Waals surface area contributed by atoms with Crippen LogP contribution in [0.2, 0.25) is 5.02 Å². The first kappa shape index (κ1) is 19.5. The summed E-state index contributed by atoms with van der Waals surface area (Å²) in [4.78, 5) is 6.55. The van der Waals surface area contributed by atoms with Crippen molar-refractivity contribution in [1.82, 2.24) is 4.98 Å². The third kappa shape index (κ3) is 3.83. The summed E-state index contributed by atoms with van der Waals surface area (Å²) in [6.07, 6.45) is 3.11. The zero-order valence-electron chi connectivity index (χ0n) is 14.9. The molecule has 1 aliphatic rings. The third-order valence-corrected chi connectivity index (χ3v) is 7.10. The Morgan fingerprint density at radius 3 is 2.43 bits per heavy atom. The first-order valence-electron chi connectivity index (χ1n) is 8.97. The van der Waals surface area contributed by atoms with Crippen molar-refractivity contribution in [3.63, 3.8) is 0 Å². The Morgan fingerprint density at radius 2 is 1.75 bits per heavy atom. The van der Waals surface area contributed by atoms with Gasteiger partial charge in [0.2, 0.25) is 26.6 Å². The topological polar surface area (TPSA) is 63.4 Å². The van der Waals surface area contributed by atoms with E-state index in [1.165, 1.54) is 0 Å². The number of hydrogen-bond donors (Lipinski definition) is 0. The Bertz CT molecular complexity index is 1090. The molecule has 1 saturated heterocycles. The Morgan fingerprint density at radius 1 is 1.04 bits per heavy atom. The van der Waals surface area contributed by atoms with Gasteiger partial charge in [-0.15, -0.1) is 0 Å². The van der Waals surface area contributed by atoms with Gasteiger partial charge in [-0.3, -0.25) is 0 Å². The van der Waals surface area contributed by atoms with Gasteiger partial charge in [0.05, 0.1) is 4.90 Å². The Kier molecular flexibility index (Phi) is 5.49. The molecule has 1 aliphatic heterocycles. The van der Waals surface area contributed by atoms with Gasteiger partial charge in [-0.05, 0) is 61.7 Å². The highest BCUT2D eigenvalue weighted by Crippen LogP contribution is 2.36. The highest BCUT2D eigenvalue weighted by molar-refractivity contribution is 9.10. The number of benzene rings is 2. The van der Waals surface area contributed by atoms with Crippen molar-refractivity contribution in [2.24, 2.45) is 0 Å². The van der Waals surface area contributed by atoms with Crippen LogP contribution in [-0.2, 0) is 9.84 Å². The normalized spacial score (nSPS) is 15.0. The maximum Gasteiger partial charge on any atom is 0.236 e. The van der Waals surface area contributed by atoms with Crippen molar-refractivity contribution in [2.45, 2.75) is 29.2 Å². The quantitative estimate of drug-likeness (QED) is 0.487. The van der Waals surface area contributed by atoms with E-state index in [1.807, 2.05) is 4.90 Å². The van der Waals surface area contributed by atoms with Gasteiger partial charge in [-0.25, -0.2) is 8.42 Å². The summed E-state index contributed by atoms with van der Waals surface area (Å²) in [7, 11) is -3.83. The molecule has 4 rings (SSSR count). The molecular weight excluding hydrogens is 464 g/mol. The molecule has 0 saturated carbocycles. The molecule has 1 fully saturated rings. The summed E-state index contributed by atoms with van der Waals surface area (Å²) in [5, 5.41) is 0.485. The minimum absolute atomic E-state index is 0.0494. The monoisotopic (exact) mass is 480 g/mol. The van der Waals surface area contributed by atoms with Crippen LogP contribution in [0, 0.1) is 0 Å². The first-order chi connectivity index (χ1) is 13.4. The van der Waals surface area contributed by atoms with E-state index in [4.69, 9.17) is 16.0 Å². The lowest BCUT2D eigenvalue weighted by Gasteiger charge is -2.26. The van der Waals surface area contributed by atoms with E-state index in [2.05, 4.69) is 20.9 Å². The van der Waals surface area contributed by atoms with E-state index in [9.17, 15) is 8.42 Å². The van der Waals surface area contributed by atoms with E-state index >= 15 is 0 Å². The number of anilines is 1. The molecule has 2 aromatic carbocycles. The third-order valence-electron chi connectivity index (χ3n) is 4.67. The van der Waals surface area contributed by atoms with Crippen LogP contribution in [0.4, 0.5) is 5.88 Å². The van der Waals surface area contributed by atoms with Crippen molar-refractivity contribution in [3.8, 4) is 11.5 Å². The molecule has 0 spiro atoms. The average molecular weight is 482 g/mol. The standard InChI is InChI=1S/C20H18BrClN2O3S/c21-15-7-9-17(10-8-15)28(25,26)19-20(24-11-2-1-3-12-24)27-18(23-19)14-5-4-6-16(22)13-14/h4-10,13H,1-3,11-12H2. The summed E-state index contributed by atoms with van der Waals surface area (Å²) >= 11 is 9.43. The summed E-state index contributed by atoms with van der Waals surface area (Å²) in [5.74, 6) is 0.552. The van der Waals surface area contributed by atoms with Gasteiger partial charge in [-0.1, -0.05) is 33.6 Å². The number of rotatable bonds is 4. The molecule has 1 aromatic heterocycles. The summed E-state index contributed by atoms with van der Waals surface area (Å²) in [6, 6.07) is 13.6. The second-order valence-corrected chi connectivity index (χ2v) is 9.86. The lowest BCUT2D eigenvalue weighted by atomic mass is 10.1. The minimum Gasteiger partial charge on any atom is -0.419 e. The average Bonchev–Trinajstić information content (AvgIpc) is 3.15. The van der Waals surface area contributed by atoms with Crippen LogP contribution in [0.15, 0.2) is 67.3 Å². The Hall–Kier alpha value is -1.83. The lowest BCUT2D eigenvalue weighted by molar-refractivity contribution is 0.499. The van der Waals surface area contributed by atoms with Gasteiger partial charge < -0.3 is 9.32 Å². The molecule has 0 amide bonds. The number of sulfone groups is 1. The smallest absolute Gasteiger partial charge is 0.236 e. The zero-order valence-corrected chi connectivity index (χ0v) is 18.1.